The fraction of sp³-hybridized carbons (Fsp3) is 0.190. The summed E-state index contributed by atoms with van der Waals surface area (Å²) in [7, 11) is 0. The Labute approximate surface area is 161 Å². The summed E-state index contributed by atoms with van der Waals surface area (Å²) >= 11 is 1.40. The van der Waals surface area contributed by atoms with Crippen molar-refractivity contribution in [2.75, 3.05) is 5.32 Å². The number of aromatic nitrogens is 1. The Morgan fingerprint density at radius 1 is 1.15 bits per heavy atom. The van der Waals surface area contributed by atoms with Gasteiger partial charge in [0.05, 0.1) is 5.69 Å². The molecule has 1 N–H and O–H groups in total. The van der Waals surface area contributed by atoms with Crippen molar-refractivity contribution in [3.05, 3.63) is 70.6 Å². The van der Waals surface area contributed by atoms with Crippen LogP contribution in [0.15, 0.2) is 59.1 Å². The lowest BCUT2D eigenvalue weighted by molar-refractivity contribution is -0.110. The van der Waals surface area contributed by atoms with Crippen LogP contribution < -0.4 is 5.32 Å². The van der Waals surface area contributed by atoms with Crippen LogP contribution in [0.2, 0.25) is 0 Å². The van der Waals surface area contributed by atoms with Crippen LogP contribution in [-0.4, -0.2) is 16.6 Å². The summed E-state index contributed by atoms with van der Waals surface area (Å²) in [6, 6.07) is 16.0. The van der Waals surface area contributed by atoms with Crippen molar-refractivity contribution in [2.45, 2.75) is 26.4 Å². The highest BCUT2D eigenvalue weighted by atomic mass is 32.1. The van der Waals surface area contributed by atoms with Gasteiger partial charge in [0.25, 0.3) is 5.91 Å². The Kier molecular flexibility index (Phi) is 4.73. The third kappa shape index (κ3) is 3.75. The molecule has 5 nitrogen and oxygen atoms in total. The van der Waals surface area contributed by atoms with Gasteiger partial charge in [-0.1, -0.05) is 47.6 Å². The van der Waals surface area contributed by atoms with Crippen LogP contribution >= 0.6 is 11.3 Å². The highest BCUT2D eigenvalue weighted by molar-refractivity contribution is 7.14. The van der Waals surface area contributed by atoms with E-state index in [4.69, 9.17) is 4.84 Å². The van der Waals surface area contributed by atoms with Crippen molar-refractivity contribution in [3.63, 3.8) is 0 Å². The summed E-state index contributed by atoms with van der Waals surface area (Å²) in [5.41, 5.74) is 5.75. The second-order valence-corrected chi connectivity index (χ2v) is 7.40. The molecule has 0 saturated carbocycles. The first-order valence-electron chi connectivity index (χ1n) is 8.72. The normalized spacial score (nSPS) is 15.9. The lowest BCUT2D eigenvalue weighted by atomic mass is 10.0. The molecule has 0 saturated heterocycles. The largest absolute Gasteiger partial charge is 0.387 e. The van der Waals surface area contributed by atoms with E-state index in [1.807, 2.05) is 41.8 Å². The van der Waals surface area contributed by atoms with Gasteiger partial charge in [-0.3, -0.25) is 10.1 Å². The summed E-state index contributed by atoms with van der Waals surface area (Å²) in [6.07, 6.45) is 0.236. The Morgan fingerprint density at radius 3 is 2.74 bits per heavy atom. The number of rotatable bonds is 4. The summed E-state index contributed by atoms with van der Waals surface area (Å²) in [6.45, 7) is 4.16. The van der Waals surface area contributed by atoms with E-state index in [2.05, 4.69) is 41.4 Å². The Balaban J connectivity index is 1.42. The van der Waals surface area contributed by atoms with Crippen molar-refractivity contribution >= 4 is 28.1 Å². The minimum absolute atomic E-state index is 0.214. The number of oxime groups is 1. The average molecular weight is 377 g/mol. The smallest absolute Gasteiger partial charge is 0.275 e. The molecule has 1 aliphatic rings. The maximum absolute atomic E-state index is 12.5. The molecular weight excluding hydrogens is 358 g/mol. The van der Waals surface area contributed by atoms with Gasteiger partial charge in [0.15, 0.2) is 11.2 Å². The minimum Gasteiger partial charge on any atom is -0.387 e. The first kappa shape index (κ1) is 17.4. The molecule has 2 aromatic carbocycles. The standard InChI is InChI=1S/C21H19N3O2S/c1-13-8-9-16(10-14(13)2)18-12-27-21(22-18)23-20(25)17-11-19(26-24-17)15-6-4-3-5-7-15/h3-10,12,19H,11H2,1-2H3,(H,22,23,25)/t19-/m0/s1. The van der Waals surface area contributed by atoms with Gasteiger partial charge in [-0.2, -0.15) is 0 Å². The fourth-order valence-electron chi connectivity index (χ4n) is 2.89. The Hall–Kier alpha value is -2.99. The minimum atomic E-state index is -0.269. The fourth-order valence-corrected chi connectivity index (χ4v) is 3.61. The molecule has 1 amide bonds. The van der Waals surface area contributed by atoms with Crippen LogP contribution in [0.3, 0.4) is 0 Å². The van der Waals surface area contributed by atoms with Gasteiger partial charge in [-0.05, 0) is 36.6 Å². The number of hydrogen-bond acceptors (Lipinski definition) is 5. The SMILES string of the molecule is Cc1ccc(-c2csc(NC(=O)C3=NO[C@H](c4ccccc4)C3)n2)cc1C. The van der Waals surface area contributed by atoms with Crippen molar-refractivity contribution in [1.82, 2.24) is 4.98 Å². The van der Waals surface area contributed by atoms with E-state index in [0.717, 1.165) is 16.8 Å². The number of benzene rings is 2. The van der Waals surface area contributed by atoms with Gasteiger partial charge in [0, 0.05) is 17.4 Å². The predicted octanol–water partition coefficient (Wildman–Crippen LogP) is 4.88. The number of hydrogen-bond donors (Lipinski definition) is 1. The Morgan fingerprint density at radius 2 is 1.96 bits per heavy atom. The highest BCUT2D eigenvalue weighted by Gasteiger charge is 2.27. The quantitative estimate of drug-likeness (QED) is 0.704. The van der Waals surface area contributed by atoms with E-state index in [1.165, 1.54) is 22.5 Å². The summed E-state index contributed by atoms with van der Waals surface area (Å²) in [5.74, 6) is -0.269. The van der Waals surface area contributed by atoms with E-state index < -0.39 is 0 Å². The molecule has 0 spiro atoms. The molecule has 0 aliphatic carbocycles. The topological polar surface area (TPSA) is 63.6 Å². The van der Waals surface area contributed by atoms with Gasteiger partial charge < -0.3 is 4.84 Å². The van der Waals surface area contributed by atoms with Gasteiger partial charge in [0.1, 0.15) is 5.71 Å². The lowest BCUT2D eigenvalue weighted by Gasteiger charge is -2.07. The molecule has 2 heterocycles. The van der Waals surface area contributed by atoms with Gasteiger partial charge >= 0.3 is 0 Å². The van der Waals surface area contributed by atoms with Gasteiger partial charge in [-0.25, -0.2) is 4.98 Å². The molecule has 1 atom stereocenters. The Bertz CT molecular complexity index is 1010. The van der Waals surface area contributed by atoms with Gasteiger partial charge in [0.2, 0.25) is 0 Å². The van der Waals surface area contributed by atoms with Crippen molar-refractivity contribution < 1.29 is 9.63 Å². The molecule has 4 rings (SSSR count). The maximum atomic E-state index is 12.5. The number of amides is 1. The number of thiazole rings is 1. The monoisotopic (exact) mass is 377 g/mol. The molecule has 3 aromatic rings. The lowest BCUT2D eigenvalue weighted by Crippen LogP contribution is -2.21. The molecule has 6 heteroatoms. The summed E-state index contributed by atoms with van der Waals surface area (Å²) < 4.78 is 0. The molecule has 0 unspecified atom stereocenters. The molecule has 27 heavy (non-hydrogen) atoms. The molecule has 0 bridgehead atoms. The first-order chi connectivity index (χ1) is 13.1. The second-order valence-electron chi connectivity index (χ2n) is 6.54. The van der Waals surface area contributed by atoms with Crippen LogP contribution in [0.25, 0.3) is 11.3 Å². The van der Waals surface area contributed by atoms with Crippen LogP contribution in [0.1, 0.15) is 29.2 Å². The maximum Gasteiger partial charge on any atom is 0.275 e. The molecule has 1 aliphatic heterocycles. The molecule has 0 radical (unpaired) electrons. The van der Waals surface area contributed by atoms with Crippen LogP contribution in [0, 0.1) is 13.8 Å². The first-order valence-corrected chi connectivity index (χ1v) is 9.60. The number of nitrogens with one attached hydrogen (secondary N) is 1. The number of carbonyl (C=O) groups is 1. The zero-order valence-corrected chi connectivity index (χ0v) is 15.9. The number of carbonyl (C=O) groups excluding carboxylic acids is 1. The van der Waals surface area contributed by atoms with Crippen LogP contribution in [0.4, 0.5) is 5.13 Å². The van der Waals surface area contributed by atoms with Crippen molar-refractivity contribution in [3.8, 4) is 11.3 Å². The molecular formula is C21H19N3O2S. The number of nitrogens with zero attached hydrogens (tertiary/aromatic N) is 2. The van der Waals surface area contributed by atoms with Crippen LogP contribution in [-0.2, 0) is 9.63 Å². The molecule has 136 valence electrons. The third-order valence-corrected chi connectivity index (χ3v) is 5.39. The average Bonchev–Trinajstić information content (AvgIpc) is 3.34. The number of aryl methyl sites for hydroxylation is 2. The number of anilines is 1. The summed E-state index contributed by atoms with van der Waals surface area (Å²) in [4.78, 5) is 22.4. The van der Waals surface area contributed by atoms with Gasteiger partial charge in [-0.15, -0.1) is 11.3 Å². The molecule has 1 aromatic heterocycles. The van der Waals surface area contributed by atoms with E-state index in [1.54, 1.807) is 0 Å². The highest BCUT2D eigenvalue weighted by Crippen LogP contribution is 2.29. The van der Waals surface area contributed by atoms with Crippen LogP contribution in [0.5, 0.6) is 0 Å². The second kappa shape index (κ2) is 7.32. The van der Waals surface area contributed by atoms with Crippen molar-refractivity contribution in [2.24, 2.45) is 5.16 Å². The summed E-state index contributed by atoms with van der Waals surface area (Å²) in [5, 5.41) is 9.29. The zero-order chi connectivity index (χ0) is 18.8. The zero-order valence-electron chi connectivity index (χ0n) is 15.1. The van der Waals surface area contributed by atoms with E-state index >= 15 is 0 Å². The van der Waals surface area contributed by atoms with E-state index in [9.17, 15) is 4.79 Å². The van der Waals surface area contributed by atoms with Crippen molar-refractivity contribution in [1.29, 1.82) is 0 Å². The predicted molar refractivity (Wildman–Crippen MR) is 108 cm³/mol. The van der Waals surface area contributed by atoms with E-state index in [-0.39, 0.29) is 12.0 Å². The van der Waals surface area contributed by atoms with E-state index in [0.29, 0.717) is 17.3 Å². The molecule has 0 fully saturated rings. The third-order valence-electron chi connectivity index (χ3n) is 4.63.